The Morgan fingerprint density at radius 2 is 1.69 bits per heavy atom. The number of benzene rings is 2. The lowest BCUT2D eigenvalue weighted by atomic mass is 10.0. The summed E-state index contributed by atoms with van der Waals surface area (Å²) in [5, 5.41) is 0. The Balaban J connectivity index is 1.48. The van der Waals surface area contributed by atoms with Crippen LogP contribution in [0.1, 0.15) is 36.0 Å². The average molecular weight is 352 g/mol. The Morgan fingerprint density at radius 3 is 2.42 bits per heavy atom. The monoisotopic (exact) mass is 352 g/mol. The van der Waals surface area contributed by atoms with E-state index in [1.165, 1.54) is 18.9 Å². The van der Waals surface area contributed by atoms with Crippen LogP contribution < -0.4 is 0 Å². The molecule has 2 aromatic rings. The minimum atomic E-state index is -0.239. The summed E-state index contributed by atoms with van der Waals surface area (Å²) in [4.78, 5) is 17.5. The lowest BCUT2D eigenvalue weighted by Crippen LogP contribution is -2.42. The molecule has 2 saturated heterocycles. The highest BCUT2D eigenvalue weighted by atomic mass is 19.1. The van der Waals surface area contributed by atoms with Crippen LogP contribution in [0.5, 0.6) is 0 Å². The fraction of sp³-hybridized carbons (Fsp3) is 0.409. The summed E-state index contributed by atoms with van der Waals surface area (Å²) in [5.41, 5.74) is 2.06. The molecule has 0 radical (unpaired) electrons. The van der Waals surface area contributed by atoms with E-state index in [1.807, 2.05) is 35.2 Å². The molecule has 0 saturated carbocycles. The van der Waals surface area contributed by atoms with Gasteiger partial charge >= 0.3 is 0 Å². The second kappa shape index (κ2) is 7.58. The summed E-state index contributed by atoms with van der Waals surface area (Å²) >= 11 is 0. The van der Waals surface area contributed by atoms with Crippen molar-refractivity contribution in [1.82, 2.24) is 9.80 Å². The van der Waals surface area contributed by atoms with Crippen LogP contribution in [-0.4, -0.2) is 47.9 Å². The quantitative estimate of drug-likeness (QED) is 0.824. The highest BCUT2D eigenvalue weighted by molar-refractivity contribution is 5.95. The summed E-state index contributed by atoms with van der Waals surface area (Å²) in [5.74, 6) is -0.136. The maximum absolute atomic E-state index is 13.9. The number of carbonyl (C=O) groups excluding carboxylic acids is 1. The first-order chi connectivity index (χ1) is 12.7. The van der Waals surface area contributed by atoms with Gasteiger partial charge in [-0.1, -0.05) is 30.3 Å². The third-order valence-electron chi connectivity index (χ3n) is 5.62. The van der Waals surface area contributed by atoms with Crippen molar-refractivity contribution in [2.45, 2.75) is 31.7 Å². The van der Waals surface area contributed by atoms with E-state index in [4.69, 9.17) is 0 Å². The van der Waals surface area contributed by atoms with Crippen LogP contribution in [0, 0.1) is 5.82 Å². The molecule has 0 aliphatic carbocycles. The van der Waals surface area contributed by atoms with Gasteiger partial charge in [-0.15, -0.1) is 0 Å². The molecule has 0 unspecified atom stereocenters. The SMILES string of the molecule is O=C(c1ccc(-c2ccccc2F)cc1)N1CCC[C@H]1CN1CCCC1. The fourth-order valence-electron chi connectivity index (χ4n) is 4.21. The second-order valence-corrected chi connectivity index (χ2v) is 7.36. The smallest absolute Gasteiger partial charge is 0.254 e. The van der Waals surface area contributed by atoms with Gasteiger partial charge in [-0.25, -0.2) is 4.39 Å². The molecule has 0 aromatic heterocycles. The minimum absolute atomic E-state index is 0.104. The summed E-state index contributed by atoms with van der Waals surface area (Å²) in [6, 6.07) is 14.4. The van der Waals surface area contributed by atoms with E-state index in [9.17, 15) is 9.18 Å². The van der Waals surface area contributed by atoms with E-state index in [0.717, 1.165) is 44.6 Å². The number of amides is 1. The Bertz CT molecular complexity index is 768. The molecule has 1 amide bonds. The van der Waals surface area contributed by atoms with Crippen molar-refractivity contribution >= 4 is 5.91 Å². The van der Waals surface area contributed by atoms with E-state index in [-0.39, 0.29) is 11.7 Å². The summed E-state index contributed by atoms with van der Waals surface area (Å²) in [6.07, 6.45) is 4.73. The molecule has 2 aliphatic rings. The number of hydrogen-bond donors (Lipinski definition) is 0. The van der Waals surface area contributed by atoms with E-state index < -0.39 is 0 Å². The van der Waals surface area contributed by atoms with Crippen molar-refractivity contribution in [1.29, 1.82) is 0 Å². The van der Waals surface area contributed by atoms with Gasteiger partial charge in [0.1, 0.15) is 5.82 Å². The summed E-state index contributed by atoms with van der Waals surface area (Å²) in [7, 11) is 0. The number of hydrogen-bond acceptors (Lipinski definition) is 2. The Morgan fingerprint density at radius 1 is 0.962 bits per heavy atom. The first-order valence-corrected chi connectivity index (χ1v) is 9.61. The molecule has 4 rings (SSSR count). The number of nitrogens with zero attached hydrogens (tertiary/aromatic N) is 2. The zero-order valence-corrected chi connectivity index (χ0v) is 15.0. The minimum Gasteiger partial charge on any atom is -0.334 e. The summed E-state index contributed by atoms with van der Waals surface area (Å²) < 4.78 is 13.9. The zero-order chi connectivity index (χ0) is 17.9. The van der Waals surface area contributed by atoms with Gasteiger partial charge < -0.3 is 9.80 Å². The van der Waals surface area contributed by atoms with Crippen LogP contribution >= 0.6 is 0 Å². The summed E-state index contributed by atoms with van der Waals surface area (Å²) in [6.45, 7) is 4.16. The topological polar surface area (TPSA) is 23.6 Å². The molecule has 0 bridgehead atoms. The van der Waals surface area contributed by atoms with Gasteiger partial charge in [-0.05, 0) is 62.5 Å². The number of rotatable bonds is 4. The van der Waals surface area contributed by atoms with Crippen molar-refractivity contribution in [3.05, 3.63) is 59.9 Å². The third-order valence-corrected chi connectivity index (χ3v) is 5.62. The van der Waals surface area contributed by atoms with Crippen molar-refractivity contribution in [3.8, 4) is 11.1 Å². The Hall–Kier alpha value is -2.20. The molecule has 2 fully saturated rings. The molecule has 0 N–H and O–H groups in total. The molecule has 2 aliphatic heterocycles. The molecule has 26 heavy (non-hydrogen) atoms. The first kappa shape index (κ1) is 17.2. The van der Waals surface area contributed by atoms with E-state index in [1.54, 1.807) is 12.1 Å². The van der Waals surface area contributed by atoms with E-state index in [0.29, 0.717) is 17.2 Å². The van der Waals surface area contributed by atoms with Gasteiger partial charge in [0.15, 0.2) is 0 Å². The second-order valence-electron chi connectivity index (χ2n) is 7.36. The van der Waals surface area contributed by atoms with Gasteiger partial charge in [0, 0.05) is 30.3 Å². The third kappa shape index (κ3) is 3.51. The van der Waals surface area contributed by atoms with Crippen molar-refractivity contribution in [2.24, 2.45) is 0 Å². The van der Waals surface area contributed by atoms with Gasteiger partial charge in [0.2, 0.25) is 0 Å². The van der Waals surface area contributed by atoms with E-state index >= 15 is 0 Å². The zero-order valence-electron chi connectivity index (χ0n) is 15.0. The van der Waals surface area contributed by atoms with Crippen LogP contribution in [-0.2, 0) is 0 Å². The molecule has 4 heteroatoms. The average Bonchev–Trinajstić information content (AvgIpc) is 3.34. The molecular formula is C22H25FN2O. The standard InChI is InChI=1S/C22H25FN2O/c23-21-8-2-1-7-20(21)17-9-11-18(12-10-17)22(26)25-15-5-6-19(25)16-24-13-3-4-14-24/h1-2,7-12,19H,3-6,13-16H2/t19-/m0/s1. The Labute approximate surface area is 154 Å². The van der Waals surface area contributed by atoms with Crippen LogP contribution in [0.25, 0.3) is 11.1 Å². The van der Waals surface area contributed by atoms with Crippen molar-refractivity contribution in [3.63, 3.8) is 0 Å². The largest absolute Gasteiger partial charge is 0.334 e. The van der Waals surface area contributed by atoms with Crippen LogP contribution in [0.2, 0.25) is 0 Å². The molecule has 2 heterocycles. The van der Waals surface area contributed by atoms with Crippen molar-refractivity contribution in [2.75, 3.05) is 26.2 Å². The molecule has 0 spiro atoms. The van der Waals surface area contributed by atoms with Crippen LogP contribution in [0.4, 0.5) is 4.39 Å². The van der Waals surface area contributed by atoms with Gasteiger partial charge in [0.05, 0.1) is 0 Å². The lowest BCUT2D eigenvalue weighted by molar-refractivity contribution is 0.0709. The van der Waals surface area contributed by atoms with Crippen LogP contribution in [0.15, 0.2) is 48.5 Å². The van der Waals surface area contributed by atoms with Gasteiger partial charge in [-0.2, -0.15) is 0 Å². The van der Waals surface area contributed by atoms with Crippen molar-refractivity contribution < 1.29 is 9.18 Å². The number of carbonyl (C=O) groups is 1. The highest BCUT2D eigenvalue weighted by Crippen LogP contribution is 2.25. The van der Waals surface area contributed by atoms with E-state index in [2.05, 4.69) is 4.90 Å². The molecule has 3 nitrogen and oxygen atoms in total. The number of halogens is 1. The predicted molar refractivity (Wildman–Crippen MR) is 102 cm³/mol. The van der Waals surface area contributed by atoms with Gasteiger partial charge in [-0.3, -0.25) is 4.79 Å². The predicted octanol–water partition coefficient (Wildman–Crippen LogP) is 4.19. The normalized spacial score (nSPS) is 20.7. The molecular weight excluding hydrogens is 327 g/mol. The molecule has 1 atom stereocenters. The van der Waals surface area contributed by atoms with Crippen LogP contribution in [0.3, 0.4) is 0 Å². The number of likely N-dealkylation sites (tertiary alicyclic amines) is 2. The maximum atomic E-state index is 13.9. The first-order valence-electron chi connectivity index (χ1n) is 9.61. The fourth-order valence-corrected chi connectivity index (χ4v) is 4.21. The molecule has 2 aromatic carbocycles. The Kier molecular flexibility index (Phi) is 5.02. The maximum Gasteiger partial charge on any atom is 0.254 e. The highest BCUT2D eigenvalue weighted by Gasteiger charge is 2.31. The lowest BCUT2D eigenvalue weighted by Gasteiger charge is -2.28. The molecule has 136 valence electrons. The van der Waals surface area contributed by atoms with Gasteiger partial charge in [0.25, 0.3) is 5.91 Å².